The zero-order chi connectivity index (χ0) is 23.8. The standard InChI is InChI=1S/C30H28N2O2/c1-32(22-23-13-5-2-6-14-23)30(34)26-19-11-12-20-28(26)31-29(33)21-27(24-15-7-3-8-16-24)25-17-9-4-10-18-25/h2-20,27H,21-22H2,1H3,(H,31,33). The minimum Gasteiger partial charge on any atom is -0.337 e. The molecular formula is C30H28N2O2. The smallest absolute Gasteiger partial charge is 0.256 e. The van der Waals surface area contributed by atoms with Gasteiger partial charge >= 0.3 is 0 Å². The molecule has 0 saturated heterocycles. The summed E-state index contributed by atoms with van der Waals surface area (Å²) in [4.78, 5) is 28.0. The molecular weight excluding hydrogens is 420 g/mol. The second-order valence-corrected chi connectivity index (χ2v) is 8.32. The number of nitrogens with zero attached hydrogens (tertiary/aromatic N) is 1. The van der Waals surface area contributed by atoms with Crippen molar-refractivity contribution < 1.29 is 9.59 Å². The van der Waals surface area contributed by atoms with Crippen LogP contribution in [0.2, 0.25) is 0 Å². The number of hydrogen-bond acceptors (Lipinski definition) is 2. The average molecular weight is 449 g/mol. The number of rotatable bonds is 8. The van der Waals surface area contributed by atoms with Gasteiger partial charge in [-0.1, -0.05) is 103 Å². The third-order valence-electron chi connectivity index (χ3n) is 5.83. The van der Waals surface area contributed by atoms with Crippen molar-refractivity contribution in [2.24, 2.45) is 0 Å². The molecule has 0 aliphatic rings. The van der Waals surface area contributed by atoms with Crippen molar-refractivity contribution in [3.8, 4) is 0 Å². The van der Waals surface area contributed by atoms with Crippen LogP contribution in [0.1, 0.15) is 39.4 Å². The lowest BCUT2D eigenvalue weighted by Crippen LogP contribution is -2.27. The highest BCUT2D eigenvalue weighted by molar-refractivity contribution is 6.03. The highest BCUT2D eigenvalue weighted by Gasteiger charge is 2.21. The molecule has 4 nitrogen and oxygen atoms in total. The van der Waals surface area contributed by atoms with Crippen LogP contribution in [0, 0.1) is 0 Å². The number of nitrogens with one attached hydrogen (secondary N) is 1. The summed E-state index contributed by atoms with van der Waals surface area (Å²) in [5, 5.41) is 2.99. The first kappa shape index (κ1) is 23.0. The van der Waals surface area contributed by atoms with Gasteiger partial charge in [-0.25, -0.2) is 0 Å². The van der Waals surface area contributed by atoms with Gasteiger partial charge in [-0.05, 0) is 28.8 Å². The van der Waals surface area contributed by atoms with Gasteiger partial charge in [0.1, 0.15) is 0 Å². The molecule has 0 atom stereocenters. The molecule has 0 bridgehead atoms. The molecule has 0 unspecified atom stereocenters. The Balaban J connectivity index is 1.51. The van der Waals surface area contributed by atoms with E-state index in [0.717, 1.165) is 16.7 Å². The fourth-order valence-electron chi connectivity index (χ4n) is 4.10. The fraction of sp³-hybridized carbons (Fsp3) is 0.133. The van der Waals surface area contributed by atoms with E-state index in [9.17, 15) is 9.59 Å². The maximum absolute atomic E-state index is 13.2. The molecule has 34 heavy (non-hydrogen) atoms. The first-order chi connectivity index (χ1) is 16.6. The summed E-state index contributed by atoms with van der Waals surface area (Å²) in [6.07, 6.45) is 0.274. The Hall–Kier alpha value is -4.18. The lowest BCUT2D eigenvalue weighted by molar-refractivity contribution is -0.116. The molecule has 0 aliphatic carbocycles. The van der Waals surface area contributed by atoms with E-state index in [0.29, 0.717) is 17.8 Å². The summed E-state index contributed by atoms with van der Waals surface area (Å²) in [6.45, 7) is 0.492. The van der Waals surface area contributed by atoms with Gasteiger partial charge in [0.25, 0.3) is 5.91 Å². The van der Waals surface area contributed by atoms with Crippen molar-refractivity contribution in [1.29, 1.82) is 0 Å². The van der Waals surface area contributed by atoms with Crippen molar-refractivity contribution in [2.45, 2.75) is 18.9 Å². The predicted octanol–water partition coefficient (Wildman–Crippen LogP) is 6.12. The zero-order valence-corrected chi connectivity index (χ0v) is 19.2. The Morgan fingerprint density at radius 3 is 1.79 bits per heavy atom. The molecule has 0 spiro atoms. The average Bonchev–Trinajstić information content (AvgIpc) is 2.89. The van der Waals surface area contributed by atoms with Gasteiger partial charge in [-0.2, -0.15) is 0 Å². The van der Waals surface area contributed by atoms with Gasteiger partial charge in [0, 0.05) is 25.9 Å². The van der Waals surface area contributed by atoms with E-state index in [2.05, 4.69) is 5.32 Å². The highest BCUT2D eigenvalue weighted by atomic mass is 16.2. The van der Waals surface area contributed by atoms with Crippen molar-refractivity contribution in [2.75, 3.05) is 12.4 Å². The van der Waals surface area contributed by atoms with E-state index in [1.807, 2.05) is 103 Å². The van der Waals surface area contributed by atoms with E-state index in [4.69, 9.17) is 0 Å². The van der Waals surface area contributed by atoms with Crippen LogP contribution >= 0.6 is 0 Å². The van der Waals surface area contributed by atoms with E-state index in [1.54, 1.807) is 24.1 Å². The van der Waals surface area contributed by atoms with E-state index < -0.39 is 0 Å². The first-order valence-corrected chi connectivity index (χ1v) is 11.4. The number of hydrogen-bond donors (Lipinski definition) is 1. The second kappa shape index (κ2) is 11.1. The maximum Gasteiger partial charge on any atom is 0.256 e. The van der Waals surface area contributed by atoms with E-state index in [-0.39, 0.29) is 24.2 Å². The first-order valence-electron chi connectivity index (χ1n) is 11.4. The minimum absolute atomic E-state index is 0.0778. The Morgan fingerprint density at radius 2 is 1.21 bits per heavy atom. The Bertz CT molecular complexity index is 1180. The SMILES string of the molecule is CN(Cc1ccccc1)C(=O)c1ccccc1NC(=O)CC(c1ccccc1)c1ccccc1. The van der Waals surface area contributed by atoms with Crippen LogP contribution in [-0.4, -0.2) is 23.8 Å². The molecule has 1 N–H and O–H groups in total. The number of anilines is 1. The molecule has 0 fully saturated rings. The molecule has 170 valence electrons. The Kier molecular flexibility index (Phi) is 7.51. The molecule has 4 heteroatoms. The lowest BCUT2D eigenvalue weighted by Gasteiger charge is -2.21. The number of benzene rings is 4. The molecule has 4 aromatic rings. The maximum atomic E-state index is 13.2. The molecule has 0 aliphatic heterocycles. The lowest BCUT2D eigenvalue weighted by atomic mass is 9.88. The van der Waals surface area contributed by atoms with Crippen molar-refractivity contribution >= 4 is 17.5 Å². The topological polar surface area (TPSA) is 49.4 Å². The Morgan fingerprint density at radius 1 is 0.706 bits per heavy atom. The predicted molar refractivity (Wildman–Crippen MR) is 137 cm³/mol. The summed E-state index contributed by atoms with van der Waals surface area (Å²) >= 11 is 0. The number of carbonyl (C=O) groups is 2. The second-order valence-electron chi connectivity index (χ2n) is 8.32. The van der Waals surface area contributed by atoms with Crippen LogP contribution in [0.5, 0.6) is 0 Å². The summed E-state index contributed by atoms with van der Waals surface area (Å²) < 4.78 is 0. The number of amides is 2. The molecule has 2 amide bonds. The monoisotopic (exact) mass is 448 g/mol. The summed E-state index contributed by atoms with van der Waals surface area (Å²) in [6, 6.07) is 37.1. The third kappa shape index (κ3) is 5.78. The minimum atomic E-state index is -0.137. The van der Waals surface area contributed by atoms with Gasteiger partial charge in [0.2, 0.25) is 5.91 Å². The number of para-hydroxylation sites is 1. The fourth-order valence-corrected chi connectivity index (χ4v) is 4.10. The Labute approximate surface area is 200 Å². The van der Waals surface area contributed by atoms with Crippen LogP contribution < -0.4 is 5.32 Å². The van der Waals surface area contributed by atoms with Gasteiger partial charge in [-0.15, -0.1) is 0 Å². The van der Waals surface area contributed by atoms with Crippen LogP contribution in [0.25, 0.3) is 0 Å². The molecule has 0 radical (unpaired) electrons. The van der Waals surface area contributed by atoms with Gasteiger partial charge in [-0.3, -0.25) is 9.59 Å². The van der Waals surface area contributed by atoms with Gasteiger partial charge < -0.3 is 10.2 Å². The molecule has 0 saturated carbocycles. The summed E-state index contributed by atoms with van der Waals surface area (Å²) in [7, 11) is 1.77. The molecule has 0 heterocycles. The normalized spacial score (nSPS) is 10.6. The van der Waals surface area contributed by atoms with Gasteiger partial charge in [0.05, 0.1) is 11.3 Å². The quantitative estimate of drug-likeness (QED) is 0.353. The van der Waals surface area contributed by atoms with E-state index >= 15 is 0 Å². The largest absolute Gasteiger partial charge is 0.337 e. The van der Waals surface area contributed by atoms with Crippen molar-refractivity contribution in [3.05, 3.63) is 138 Å². The van der Waals surface area contributed by atoms with Crippen molar-refractivity contribution in [3.63, 3.8) is 0 Å². The van der Waals surface area contributed by atoms with Gasteiger partial charge in [0.15, 0.2) is 0 Å². The highest BCUT2D eigenvalue weighted by Crippen LogP contribution is 2.29. The van der Waals surface area contributed by atoms with Crippen molar-refractivity contribution in [1.82, 2.24) is 4.90 Å². The van der Waals surface area contributed by atoms with E-state index in [1.165, 1.54) is 0 Å². The summed E-state index contributed by atoms with van der Waals surface area (Å²) in [5.74, 6) is -0.350. The third-order valence-corrected chi connectivity index (χ3v) is 5.83. The molecule has 4 rings (SSSR count). The van der Waals surface area contributed by atoms with Crippen LogP contribution in [-0.2, 0) is 11.3 Å². The molecule has 0 aromatic heterocycles. The number of carbonyl (C=O) groups excluding carboxylic acids is 2. The van der Waals surface area contributed by atoms with Crippen LogP contribution in [0.4, 0.5) is 5.69 Å². The van der Waals surface area contributed by atoms with Crippen LogP contribution in [0.15, 0.2) is 115 Å². The zero-order valence-electron chi connectivity index (χ0n) is 19.2. The van der Waals surface area contributed by atoms with Crippen LogP contribution in [0.3, 0.4) is 0 Å². The molecule has 4 aromatic carbocycles. The summed E-state index contributed by atoms with van der Waals surface area (Å²) in [5.41, 5.74) is 4.21.